The normalized spacial score (nSPS) is 18.6. The van der Waals surface area contributed by atoms with Crippen molar-refractivity contribution >= 4 is 23.5 Å². The predicted molar refractivity (Wildman–Crippen MR) is 149 cm³/mol. The molecule has 1 saturated carbocycles. The molecule has 38 heavy (non-hydrogen) atoms. The number of anilines is 1. The molecule has 3 aromatic rings. The third kappa shape index (κ3) is 5.21. The standard InChI is InChI=1S/C32H34N2O4/c1-21-17-19-25(20-18-21)34-29(23-11-5-3-6-12-23)28(30(36)32(34)37)27(35)16-10-9-15-26-22(2)38-31(33-26)24-13-7-4-8-14-24/h4,7-9,13-15,17-20,23,29,36H,3,5-6,10-12,16H2,1-2H3/b15-9+. The molecule has 1 amide bonds. The van der Waals surface area contributed by atoms with Gasteiger partial charge in [-0.1, -0.05) is 61.2 Å². The third-order valence-corrected chi connectivity index (χ3v) is 7.63. The first-order valence-corrected chi connectivity index (χ1v) is 13.5. The Morgan fingerprint density at radius 3 is 2.47 bits per heavy atom. The van der Waals surface area contributed by atoms with Crippen LogP contribution in [0.5, 0.6) is 0 Å². The van der Waals surface area contributed by atoms with E-state index in [1.165, 1.54) is 6.42 Å². The smallest absolute Gasteiger partial charge is 0.294 e. The van der Waals surface area contributed by atoms with Crippen LogP contribution in [0, 0.1) is 19.8 Å². The van der Waals surface area contributed by atoms with Crippen LogP contribution in [0.3, 0.4) is 0 Å². The number of Topliss-reactive ketones (excluding diaryl/α,β-unsaturated/α-hetero) is 1. The molecule has 1 atom stereocenters. The average molecular weight is 511 g/mol. The molecule has 1 aliphatic carbocycles. The fourth-order valence-corrected chi connectivity index (χ4v) is 5.61. The summed E-state index contributed by atoms with van der Waals surface area (Å²) in [4.78, 5) is 33.0. The van der Waals surface area contributed by atoms with E-state index in [-0.39, 0.29) is 23.7 Å². The summed E-state index contributed by atoms with van der Waals surface area (Å²) in [5.41, 5.74) is 3.72. The number of carbonyl (C=O) groups is 2. The maximum atomic E-state index is 13.5. The number of rotatable bonds is 8. The molecule has 6 nitrogen and oxygen atoms in total. The van der Waals surface area contributed by atoms with E-state index in [1.54, 1.807) is 4.90 Å². The van der Waals surface area contributed by atoms with Crippen LogP contribution >= 0.6 is 0 Å². The summed E-state index contributed by atoms with van der Waals surface area (Å²) in [6.45, 7) is 3.86. The number of aliphatic hydroxyl groups is 1. The van der Waals surface area contributed by atoms with Gasteiger partial charge in [0.25, 0.3) is 5.91 Å². The largest absolute Gasteiger partial charge is 0.503 e. The molecule has 2 aliphatic rings. The Kier molecular flexibility index (Phi) is 7.59. The molecular weight excluding hydrogens is 476 g/mol. The SMILES string of the molecule is Cc1ccc(N2C(=O)C(O)=C(C(=O)CC/C=C/c3nc(-c4ccccc4)oc3C)C2C2CCCCC2)cc1. The van der Waals surface area contributed by atoms with Gasteiger partial charge in [-0.25, -0.2) is 4.98 Å². The minimum atomic E-state index is -0.477. The van der Waals surface area contributed by atoms with Crippen LogP contribution in [0.15, 0.2) is 76.4 Å². The van der Waals surface area contributed by atoms with E-state index in [0.29, 0.717) is 18.1 Å². The van der Waals surface area contributed by atoms with E-state index in [2.05, 4.69) is 4.98 Å². The number of aryl methyl sites for hydroxylation is 2. The lowest BCUT2D eigenvalue weighted by atomic mass is 9.79. The Morgan fingerprint density at radius 2 is 1.76 bits per heavy atom. The van der Waals surface area contributed by atoms with Gasteiger partial charge in [0.15, 0.2) is 11.5 Å². The molecule has 1 aromatic heterocycles. The van der Waals surface area contributed by atoms with Crippen LogP contribution in [0.1, 0.15) is 62.0 Å². The summed E-state index contributed by atoms with van der Waals surface area (Å²) < 4.78 is 5.82. The number of carbonyl (C=O) groups excluding carboxylic acids is 2. The van der Waals surface area contributed by atoms with Crippen LogP contribution in [-0.2, 0) is 9.59 Å². The number of hydrogen-bond donors (Lipinski definition) is 1. The summed E-state index contributed by atoms with van der Waals surface area (Å²) in [6.07, 6.45) is 9.64. The van der Waals surface area contributed by atoms with Gasteiger partial charge in [0.1, 0.15) is 11.5 Å². The van der Waals surface area contributed by atoms with Gasteiger partial charge in [-0.05, 0) is 69.4 Å². The molecule has 1 unspecified atom stereocenters. The van der Waals surface area contributed by atoms with Crippen molar-refractivity contribution in [2.45, 2.75) is 64.8 Å². The van der Waals surface area contributed by atoms with Crippen molar-refractivity contribution in [1.29, 1.82) is 0 Å². The van der Waals surface area contributed by atoms with Gasteiger partial charge in [0.2, 0.25) is 5.89 Å². The van der Waals surface area contributed by atoms with Crippen molar-refractivity contribution in [3.63, 3.8) is 0 Å². The minimum Gasteiger partial charge on any atom is -0.503 e. The van der Waals surface area contributed by atoms with E-state index < -0.39 is 17.7 Å². The summed E-state index contributed by atoms with van der Waals surface area (Å²) in [5, 5.41) is 10.9. The van der Waals surface area contributed by atoms with E-state index in [9.17, 15) is 14.7 Å². The average Bonchev–Trinajstić information content (AvgIpc) is 3.44. The lowest BCUT2D eigenvalue weighted by Gasteiger charge is -2.35. The summed E-state index contributed by atoms with van der Waals surface area (Å²) in [7, 11) is 0. The predicted octanol–water partition coefficient (Wildman–Crippen LogP) is 7.13. The fraction of sp³-hybridized carbons (Fsp3) is 0.344. The number of oxazole rings is 1. The van der Waals surface area contributed by atoms with Crippen LogP contribution in [0.2, 0.25) is 0 Å². The van der Waals surface area contributed by atoms with Crippen LogP contribution in [0.4, 0.5) is 5.69 Å². The molecule has 0 saturated heterocycles. The Hall–Kier alpha value is -3.93. The fourth-order valence-electron chi connectivity index (χ4n) is 5.61. The summed E-state index contributed by atoms with van der Waals surface area (Å²) in [5.74, 6) is 0.379. The molecule has 1 N–H and O–H groups in total. The van der Waals surface area contributed by atoms with Crippen molar-refractivity contribution < 1.29 is 19.1 Å². The molecule has 0 bridgehead atoms. The molecule has 2 heterocycles. The zero-order valence-corrected chi connectivity index (χ0v) is 22.0. The van der Waals surface area contributed by atoms with E-state index >= 15 is 0 Å². The second kappa shape index (κ2) is 11.2. The quantitative estimate of drug-likeness (QED) is 0.349. The summed E-state index contributed by atoms with van der Waals surface area (Å²) >= 11 is 0. The van der Waals surface area contributed by atoms with Crippen LogP contribution < -0.4 is 4.90 Å². The van der Waals surface area contributed by atoms with Gasteiger partial charge in [0, 0.05) is 17.7 Å². The highest BCUT2D eigenvalue weighted by Gasteiger charge is 2.46. The van der Waals surface area contributed by atoms with Crippen LogP contribution in [-0.4, -0.2) is 27.8 Å². The molecule has 2 aromatic carbocycles. The molecule has 0 radical (unpaired) electrons. The molecule has 196 valence electrons. The highest BCUT2D eigenvalue weighted by Crippen LogP contribution is 2.40. The number of aromatic nitrogens is 1. The molecule has 5 rings (SSSR count). The zero-order chi connectivity index (χ0) is 26.6. The molecule has 0 spiro atoms. The van der Waals surface area contributed by atoms with Crippen molar-refractivity contribution in [1.82, 2.24) is 4.98 Å². The number of amides is 1. The monoisotopic (exact) mass is 510 g/mol. The lowest BCUT2D eigenvalue weighted by molar-refractivity contribution is -0.118. The molecule has 1 fully saturated rings. The Labute approximate surface area is 223 Å². The topological polar surface area (TPSA) is 83.6 Å². The first-order chi connectivity index (χ1) is 18.4. The molecule has 6 heteroatoms. The van der Waals surface area contributed by atoms with E-state index in [4.69, 9.17) is 4.42 Å². The van der Waals surface area contributed by atoms with Crippen molar-refractivity contribution in [2.75, 3.05) is 4.90 Å². The highest BCUT2D eigenvalue weighted by molar-refractivity contribution is 6.16. The van der Waals surface area contributed by atoms with Gasteiger partial charge >= 0.3 is 0 Å². The summed E-state index contributed by atoms with van der Waals surface area (Å²) in [6, 6.07) is 17.0. The first kappa shape index (κ1) is 25.7. The van der Waals surface area contributed by atoms with Gasteiger partial charge < -0.3 is 9.52 Å². The van der Waals surface area contributed by atoms with Crippen LogP contribution in [0.25, 0.3) is 17.5 Å². The Morgan fingerprint density at radius 1 is 1.05 bits per heavy atom. The first-order valence-electron chi connectivity index (χ1n) is 13.5. The second-order valence-electron chi connectivity index (χ2n) is 10.3. The molecule has 1 aliphatic heterocycles. The number of aliphatic hydroxyl groups excluding tert-OH is 1. The van der Waals surface area contributed by atoms with E-state index in [0.717, 1.165) is 48.2 Å². The minimum absolute atomic E-state index is 0.155. The zero-order valence-electron chi connectivity index (χ0n) is 22.0. The van der Waals surface area contributed by atoms with Gasteiger partial charge in [-0.3, -0.25) is 14.5 Å². The number of benzene rings is 2. The third-order valence-electron chi connectivity index (χ3n) is 7.63. The maximum absolute atomic E-state index is 13.5. The van der Waals surface area contributed by atoms with Crippen molar-refractivity contribution in [3.05, 3.63) is 89.0 Å². The lowest BCUT2D eigenvalue weighted by Crippen LogP contribution is -2.42. The molecular formula is C32H34N2O4. The number of hydrogen-bond acceptors (Lipinski definition) is 5. The van der Waals surface area contributed by atoms with E-state index in [1.807, 2.05) is 80.6 Å². The highest BCUT2D eigenvalue weighted by atomic mass is 16.4. The number of ketones is 1. The van der Waals surface area contributed by atoms with Gasteiger partial charge in [-0.2, -0.15) is 0 Å². The maximum Gasteiger partial charge on any atom is 0.294 e. The van der Waals surface area contributed by atoms with Crippen molar-refractivity contribution in [2.24, 2.45) is 5.92 Å². The Balaban J connectivity index is 1.32. The van der Waals surface area contributed by atoms with Gasteiger partial charge in [0.05, 0.1) is 11.6 Å². The van der Waals surface area contributed by atoms with Crippen molar-refractivity contribution in [3.8, 4) is 11.5 Å². The Bertz CT molecular complexity index is 1360. The van der Waals surface area contributed by atoms with Gasteiger partial charge in [-0.15, -0.1) is 0 Å². The number of allylic oxidation sites excluding steroid dienone is 1. The number of nitrogens with zero attached hydrogens (tertiary/aromatic N) is 2. The second-order valence-corrected chi connectivity index (χ2v) is 10.3.